The van der Waals surface area contributed by atoms with Crippen LogP contribution in [0.3, 0.4) is 0 Å². The maximum Gasteiger partial charge on any atom is 0.220 e. The minimum Gasteiger partial charge on any atom is -0.497 e. The average molecular weight is 339 g/mol. The molecule has 3 rings (SSSR count). The first kappa shape index (κ1) is 16.8. The Bertz CT molecular complexity index is 794. The Kier molecular flexibility index (Phi) is 5.51. The number of para-hydroxylation sites is 2. The lowest BCUT2D eigenvalue weighted by atomic mass is 10.3. The summed E-state index contributed by atoms with van der Waals surface area (Å²) in [5.74, 6) is 2.30. The zero-order valence-electron chi connectivity index (χ0n) is 14.1. The molecule has 1 amide bonds. The van der Waals surface area contributed by atoms with Crippen molar-refractivity contribution in [3.05, 3.63) is 54.4 Å². The Hall–Kier alpha value is -3.02. The third kappa shape index (κ3) is 4.73. The first-order valence-corrected chi connectivity index (χ1v) is 8.22. The van der Waals surface area contributed by atoms with Gasteiger partial charge in [-0.05, 0) is 42.8 Å². The Morgan fingerprint density at radius 2 is 1.88 bits per heavy atom. The summed E-state index contributed by atoms with van der Waals surface area (Å²) in [7, 11) is 1.62. The molecule has 2 aromatic carbocycles. The zero-order chi connectivity index (χ0) is 17.5. The molecular weight excluding hydrogens is 318 g/mol. The smallest absolute Gasteiger partial charge is 0.220 e. The fourth-order valence-corrected chi connectivity index (χ4v) is 2.45. The third-order valence-corrected chi connectivity index (χ3v) is 3.77. The molecule has 0 aliphatic carbocycles. The second-order valence-electron chi connectivity index (χ2n) is 5.60. The SMILES string of the molecule is COc1ccc(OCCCC(=O)NCc2nc3ccccc3[nH]2)cc1. The van der Waals surface area contributed by atoms with Crippen LogP contribution in [0.2, 0.25) is 0 Å². The van der Waals surface area contributed by atoms with Gasteiger partial charge in [-0.15, -0.1) is 0 Å². The largest absolute Gasteiger partial charge is 0.497 e. The van der Waals surface area contributed by atoms with Gasteiger partial charge in [0.05, 0.1) is 31.3 Å². The summed E-state index contributed by atoms with van der Waals surface area (Å²) in [4.78, 5) is 19.5. The number of carbonyl (C=O) groups excluding carboxylic acids is 1. The van der Waals surface area contributed by atoms with Gasteiger partial charge in [-0.1, -0.05) is 12.1 Å². The molecule has 1 heterocycles. The van der Waals surface area contributed by atoms with E-state index in [-0.39, 0.29) is 5.91 Å². The third-order valence-electron chi connectivity index (χ3n) is 3.77. The van der Waals surface area contributed by atoms with Crippen molar-refractivity contribution in [1.29, 1.82) is 0 Å². The lowest BCUT2D eigenvalue weighted by Gasteiger charge is -2.07. The van der Waals surface area contributed by atoms with Gasteiger partial charge in [0.2, 0.25) is 5.91 Å². The number of hydrogen-bond acceptors (Lipinski definition) is 4. The highest BCUT2D eigenvalue weighted by molar-refractivity contribution is 5.76. The van der Waals surface area contributed by atoms with Crippen LogP contribution in [-0.4, -0.2) is 29.6 Å². The van der Waals surface area contributed by atoms with Crippen LogP contribution in [0.4, 0.5) is 0 Å². The number of carbonyl (C=O) groups is 1. The average Bonchev–Trinajstić information content (AvgIpc) is 3.07. The number of imidazole rings is 1. The van der Waals surface area contributed by atoms with Crippen LogP contribution >= 0.6 is 0 Å². The highest BCUT2D eigenvalue weighted by Gasteiger charge is 2.05. The van der Waals surface area contributed by atoms with Gasteiger partial charge in [0, 0.05) is 6.42 Å². The second kappa shape index (κ2) is 8.19. The quantitative estimate of drug-likeness (QED) is 0.619. The molecule has 0 fully saturated rings. The number of rotatable bonds is 8. The summed E-state index contributed by atoms with van der Waals surface area (Å²) in [6.07, 6.45) is 1.06. The van der Waals surface area contributed by atoms with Gasteiger partial charge in [-0.3, -0.25) is 4.79 Å². The van der Waals surface area contributed by atoms with Gasteiger partial charge in [-0.25, -0.2) is 4.98 Å². The van der Waals surface area contributed by atoms with Crippen molar-refractivity contribution in [3.63, 3.8) is 0 Å². The van der Waals surface area contributed by atoms with Crippen molar-refractivity contribution in [3.8, 4) is 11.5 Å². The molecule has 6 heteroatoms. The molecule has 0 saturated heterocycles. The number of aromatic amines is 1. The fourth-order valence-electron chi connectivity index (χ4n) is 2.45. The molecule has 0 atom stereocenters. The molecule has 0 spiro atoms. The van der Waals surface area contributed by atoms with E-state index in [1.165, 1.54) is 0 Å². The first-order chi connectivity index (χ1) is 12.2. The minimum atomic E-state index is -0.0150. The van der Waals surface area contributed by atoms with E-state index in [1.54, 1.807) is 7.11 Å². The Balaban J connectivity index is 1.36. The number of hydrogen-bond donors (Lipinski definition) is 2. The fraction of sp³-hybridized carbons (Fsp3) is 0.263. The molecular formula is C19H21N3O3. The molecule has 0 bridgehead atoms. The van der Waals surface area contributed by atoms with E-state index in [2.05, 4.69) is 15.3 Å². The minimum absolute atomic E-state index is 0.0150. The van der Waals surface area contributed by atoms with Crippen molar-refractivity contribution < 1.29 is 14.3 Å². The Morgan fingerprint density at radius 1 is 1.12 bits per heavy atom. The maximum atomic E-state index is 11.9. The predicted octanol–water partition coefficient (Wildman–Crippen LogP) is 3.05. The van der Waals surface area contributed by atoms with Crippen LogP contribution in [0, 0.1) is 0 Å². The van der Waals surface area contributed by atoms with Crippen molar-refractivity contribution in [2.75, 3.05) is 13.7 Å². The van der Waals surface area contributed by atoms with Crippen molar-refractivity contribution >= 4 is 16.9 Å². The van der Waals surface area contributed by atoms with Crippen LogP contribution in [0.1, 0.15) is 18.7 Å². The summed E-state index contributed by atoms with van der Waals surface area (Å²) in [6, 6.07) is 15.2. The highest BCUT2D eigenvalue weighted by Crippen LogP contribution is 2.17. The van der Waals surface area contributed by atoms with Gasteiger partial charge < -0.3 is 19.8 Å². The van der Waals surface area contributed by atoms with Crippen LogP contribution < -0.4 is 14.8 Å². The molecule has 0 radical (unpaired) electrons. The number of methoxy groups -OCH3 is 1. The number of fused-ring (bicyclic) bond motifs is 1. The number of ether oxygens (including phenoxy) is 2. The Labute approximate surface area is 146 Å². The summed E-state index contributed by atoms with van der Waals surface area (Å²) >= 11 is 0. The van der Waals surface area contributed by atoms with E-state index in [0.29, 0.717) is 26.0 Å². The van der Waals surface area contributed by atoms with E-state index < -0.39 is 0 Å². The molecule has 0 aliphatic rings. The number of nitrogens with one attached hydrogen (secondary N) is 2. The van der Waals surface area contributed by atoms with Gasteiger partial charge in [0.25, 0.3) is 0 Å². The molecule has 0 saturated carbocycles. The van der Waals surface area contributed by atoms with Crippen LogP contribution in [0.15, 0.2) is 48.5 Å². The monoisotopic (exact) mass is 339 g/mol. The van der Waals surface area contributed by atoms with Gasteiger partial charge in [0.1, 0.15) is 17.3 Å². The van der Waals surface area contributed by atoms with Gasteiger partial charge in [-0.2, -0.15) is 0 Å². The van der Waals surface area contributed by atoms with E-state index in [4.69, 9.17) is 9.47 Å². The van der Waals surface area contributed by atoms with Gasteiger partial charge in [0.15, 0.2) is 0 Å². The normalized spacial score (nSPS) is 10.6. The van der Waals surface area contributed by atoms with Crippen LogP contribution in [-0.2, 0) is 11.3 Å². The summed E-state index contributed by atoms with van der Waals surface area (Å²) in [6.45, 7) is 0.886. The Morgan fingerprint density at radius 3 is 2.64 bits per heavy atom. The van der Waals surface area contributed by atoms with Crippen molar-refractivity contribution in [1.82, 2.24) is 15.3 Å². The zero-order valence-corrected chi connectivity index (χ0v) is 14.1. The van der Waals surface area contributed by atoms with Gasteiger partial charge >= 0.3 is 0 Å². The predicted molar refractivity (Wildman–Crippen MR) is 95.7 cm³/mol. The second-order valence-corrected chi connectivity index (χ2v) is 5.60. The highest BCUT2D eigenvalue weighted by atomic mass is 16.5. The van der Waals surface area contributed by atoms with Crippen LogP contribution in [0.25, 0.3) is 11.0 Å². The lowest BCUT2D eigenvalue weighted by molar-refractivity contribution is -0.121. The number of aromatic nitrogens is 2. The maximum absolute atomic E-state index is 11.9. The molecule has 1 aromatic heterocycles. The van der Waals surface area contributed by atoms with E-state index in [1.807, 2.05) is 48.5 Å². The van der Waals surface area contributed by atoms with E-state index >= 15 is 0 Å². The number of amides is 1. The summed E-state index contributed by atoms with van der Waals surface area (Å²) in [5.41, 5.74) is 1.87. The number of benzene rings is 2. The number of H-pyrrole nitrogens is 1. The van der Waals surface area contributed by atoms with E-state index in [0.717, 1.165) is 28.4 Å². The topological polar surface area (TPSA) is 76.2 Å². The molecule has 25 heavy (non-hydrogen) atoms. The molecule has 3 aromatic rings. The molecule has 2 N–H and O–H groups in total. The molecule has 6 nitrogen and oxygen atoms in total. The molecule has 0 aliphatic heterocycles. The summed E-state index contributed by atoms with van der Waals surface area (Å²) in [5, 5.41) is 2.87. The first-order valence-electron chi connectivity index (χ1n) is 8.22. The van der Waals surface area contributed by atoms with Crippen molar-refractivity contribution in [2.45, 2.75) is 19.4 Å². The van der Waals surface area contributed by atoms with E-state index in [9.17, 15) is 4.79 Å². The summed E-state index contributed by atoms with van der Waals surface area (Å²) < 4.78 is 10.7. The molecule has 0 unspecified atom stereocenters. The standard InChI is InChI=1S/C19H21N3O3/c1-24-14-8-10-15(11-9-14)25-12-4-7-19(23)20-13-18-21-16-5-2-3-6-17(16)22-18/h2-3,5-6,8-11H,4,7,12-13H2,1H3,(H,20,23)(H,21,22). The number of nitrogens with zero attached hydrogens (tertiary/aromatic N) is 1. The van der Waals surface area contributed by atoms with Crippen LogP contribution in [0.5, 0.6) is 11.5 Å². The van der Waals surface area contributed by atoms with Crippen molar-refractivity contribution in [2.24, 2.45) is 0 Å². The molecule has 130 valence electrons. The lowest BCUT2D eigenvalue weighted by Crippen LogP contribution is -2.23.